The van der Waals surface area contributed by atoms with Gasteiger partial charge in [0.05, 0.1) is 12.5 Å². The van der Waals surface area contributed by atoms with Crippen molar-refractivity contribution in [2.24, 2.45) is 5.92 Å². The number of pyridine rings is 1. The van der Waals surface area contributed by atoms with E-state index in [1.807, 2.05) is 11.0 Å². The molecule has 0 spiro atoms. The predicted molar refractivity (Wildman–Crippen MR) is 101 cm³/mol. The van der Waals surface area contributed by atoms with E-state index in [0.29, 0.717) is 51.4 Å². The van der Waals surface area contributed by atoms with E-state index in [0.717, 1.165) is 12.1 Å². The standard InChI is InChI=1S/C18H25N3O4.CH2O2/c1-12-10-13(2)19-16(22)15(12)18(24)21-6-3-5-20(7-8-21)17(23)14-4-9-25-11-14;2-1-3/h10,14H,3-9,11H2,1-2H3,(H,19,22);1H,(H,2,3). The maximum atomic E-state index is 12.8. The van der Waals surface area contributed by atoms with E-state index in [-0.39, 0.29) is 35.3 Å². The lowest BCUT2D eigenvalue weighted by molar-refractivity contribution is -0.135. The maximum Gasteiger partial charge on any atom is 0.290 e. The zero-order valence-corrected chi connectivity index (χ0v) is 16.3. The summed E-state index contributed by atoms with van der Waals surface area (Å²) in [6.45, 7) is 6.61. The Morgan fingerprint density at radius 3 is 2.46 bits per heavy atom. The number of hydrogen-bond acceptors (Lipinski definition) is 5. The molecule has 0 aromatic carbocycles. The van der Waals surface area contributed by atoms with E-state index in [2.05, 4.69) is 4.98 Å². The normalized spacial score (nSPS) is 19.4. The Bertz CT molecular complexity index is 769. The monoisotopic (exact) mass is 393 g/mol. The van der Waals surface area contributed by atoms with Gasteiger partial charge in [-0.2, -0.15) is 0 Å². The third kappa shape index (κ3) is 5.19. The summed E-state index contributed by atoms with van der Waals surface area (Å²) in [5, 5.41) is 6.89. The number of amides is 2. The minimum atomic E-state index is -0.345. The molecule has 1 aromatic heterocycles. The highest BCUT2D eigenvalue weighted by molar-refractivity contribution is 5.95. The minimum absolute atomic E-state index is 0.0514. The van der Waals surface area contributed by atoms with E-state index in [9.17, 15) is 14.4 Å². The van der Waals surface area contributed by atoms with Crippen molar-refractivity contribution in [3.05, 3.63) is 33.2 Å². The number of carboxylic acid groups (broad SMARTS) is 1. The molecule has 1 unspecified atom stereocenters. The molecule has 9 nitrogen and oxygen atoms in total. The van der Waals surface area contributed by atoms with Crippen LogP contribution in [0.15, 0.2) is 10.9 Å². The van der Waals surface area contributed by atoms with Crippen LogP contribution in [0, 0.1) is 19.8 Å². The summed E-state index contributed by atoms with van der Waals surface area (Å²) in [5.41, 5.74) is 1.29. The lowest BCUT2D eigenvalue weighted by Crippen LogP contribution is -2.41. The quantitative estimate of drug-likeness (QED) is 0.702. The molecule has 9 heteroatoms. The zero-order valence-electron chi connectivity index (χ0n) is 16.3. The Kier molecular flexibility index (Phi) is 7.74. The van der Waals surface area contributed by atoms with Gasteiger partial charge in [0.25, 0.3) is 17.9 Å². The van der Waals surface area contributed by atoms with Gasteiger partial charge in [0, 0.05) is 38.5 Å². The Morgan fingerprint density at radius 2 is 1.86 bits per heavy atom. The van der Waals surface area contributed by atoms with Gasteiger partial charge in [-0.15, -0.1) is 0 Å². The Hall–Kier alpha value is -2.68. The molecule has 2 aliphatic rings. The Labute approximate surface area is 163 Å². The molecular formula is C19H27N3O6. The maximum absolute atomic E-state index is 12.8. The second kappa shape index (κ2) is 10.0. The molecule has 0 radical (unpaired) electrons. The van der Waals surface area contributed by atoms with Gasteiger partial charge in [0.2, 0.25) is 5.91 Å². The van der Waals surface area contributed by atoms with Crippen LogP contribution in [0.25, 0.3) is 0 Å². The fourth-order valence-electron chi connectivity index (χ4n) is 3.61. The van der Waals surface area contributed by atoms with Gasteiger partial charge in [0.1, 0.15) is 5.56 Å². The van der Waals surface area contributed by atoms with Crippen molar-refractivity contribution in [2.45, 2.75) is 26.7 Å². The van der Waals surface area contributed by atoms with E-state index >= 15 is 0 Å². The molecule has 154 valence electrons. The molecule has 0 bridgehead atoms. The Balaban J connectivity index is 0.000000878. The lowest BCUT2D eigenvalue weighted by atomic mass is 10.1. The van der Waals surface area contributed by atoms with Crippen LogP contribution >= 0.6 is 0 Å². The number of hydrogen-bond donors (Lipinski definition) is 2. The van der Waals surface area contributed by atoms with Crippen LogP contribution in [0.5, 0.6) is 0 Å². The van der Waals surface area contributed by atoms with Crippen LogP contribution in [0.2, 0.25) is 0 Å². The van der Waals surface area contributed by atoms with Crippen LogP contribution in [0.3, 0.4) is 0 Å². The number of carbonyl (C=O) groups excluding carboxylic acids is 2. The highest BCUT2D eigenvalue weighted by Gasteiger charge is 2.30. The largest absolute Gasteiger partial charge is 0.483 e. The molecule has 2 N–H and O–H groups in total. The van der Waals surface area contributed by atoms with Gasteiger partial charge >= 0.3 is 0 Å². The smallest absolute Gasteiger partial charge is 0.290 e. The first kappa shape index (κ1) is 21.6. The van der Waals surface area contributed by atoms with Crippen LogP contribution in [-0.4, -0.2) is 77.6 Å². The molecule has 3 heterocycles. The molecule has 0 saturated carbocycles. The molecule has 2 amide bonds. The summed E-state index contributed by atoms with van der Waals surface area (Å²) >= 11 is 0. The van der Waals surface area contributed by atoms with Crippen molar-refractivity contribution in [1.29, 1.82) is 0 Å². The van der Waals surface area contributed by atoms with Crippen LogP contribution < -0.4 is 5.56 Å². The summed E-state index contributed by atoms with van der Waals surface area (Å²) < 4.78 is 5.30. The third-order valence-corrected chi connectivity index (χ3v) is 4.95. The van der Waals surface area contributed by atoms with Gasteiger partial charge in [-0.1, -0.05) is 0 Å². The lowest BCUT2D eigenvalue weighted by Gasteiger charge is -2.24. The SMILES string of the molecule is Cc1cc(C)c(C(=O)N2CCCN(C(=O)C3CCOC3)CC2)c(=O)[nH]1.O=CO. The van der Waals surface area contributed by atoms with Crippen LogP contribution in [-0.2, 0) is 14.3 Å². The summed E-state index contributed by atoms with van der Waals surface area (Å²) in [6.07, 6.45) is 1.49. The van der Waals surface area contributed by atoms with E-state index in [1.165, 1.54) is 0 Å². The first-order valence-electron chi connectivity index (χ1n) is 9.33. The van der Waals surface area contributed by atoms with Crippen molar-refractivity contribution in [3.63, 3.8) is 0 Å². The van der Waals surface area contributed by atoms with Crippen molar-refractivity contribution in [1.82, 2.24) is 14.8 Å². The fraction of sp³-hybridized carbons (Fsp3) is 0.579. The number of nitrogens with zero attached hydrogens (tertiary/aromatic N) is 2. The number of aromatic nitrogens is 1. The number of H-pyrrole nitrogens is 1. The highest BCUT2D eigenvalue weighted by atomic mass is 16.5. The minimum Gasteiger partial charge on any atom is -0.483 e. The van der Waals surface area contributed by atoms with Gasteiger partial charge in [0.15, 0.2) is 0 Å². The summed E-state index contributed by atoms with van der Waals surface area (Å²) in [6, 6.07) is 1.81. The number of aryl methyl sites for hydroxylation is 2. The van der Waals surface area contributed by atoms with Crippen LogP contribution in [0.1, 0.15) is 34.5 Å². The summed E-state index contributed by atoms with van der Waals surface area (Å²) in [5.74, 6) is -0.183. The fourth-order valence-corrected chi connectivity index (χ4v) is 3.61. The molecule has 2 fully saturated rings. The summed E-state index contributed by atoms with van der Waals surface area (Å²) in [4.78, 5) is 52.1. The molecule has 1 aromatic rings. The van der Waals surface area contributed by atoms with Gasteiger partial charge < -0.3 is 24.6 Å². The van der Waals surface area contributed by atoms with Gasteiger partial charge in [-0.05, 0) is 38.3 Å². The topological polar surface area (TPSA) is 120 Å². The molecule has 2 aliphatic heterocycles. The number of nitrogens with one attached hydrogen (secondary N) is 1. The zero-order chi connectivity index (χ0) is 20.7. The molecule has 2 saturated heterocycles. The molecule has 0 aliphatic carbocycles. The second-order valence-corrected chi connectivity index (χ2v) is 6.98. The molecule has 28 heavy (non-hydrogen) atoms. The van der Waals surface area contributed by atoms with E-state index in [4.69, 9.17) is 14.6 Å². The van der Waals surface area contributed by atoms with E-state index in [1.54, 1.807) is 18.7 Å². The Morgan fingerprint density at radius 1 is 1.21 bits per heavy atom. The number of ether oxygens (including phenoxy) is 1. The summed E-state index contributed by atoms with van der Waals surface area (Å²) in [7, 11) is 0. The second-order valence-electron chi connectivity index (χ2n) is 6.98. The van der Waals surface area contributed by atoms with Crippen molar-refractivity contribution in [3.8, 4) is 0 Å². The molecule has 1 atom stereocenters. The number of carbonyl (C=O) groups is 3. The number of aromatic amines is 1. The average molecular weight is 393 g/mol. The molecular weight excluding hydrogens is 366 g/mol. The third-order valence-electron chi connectivity index (χ3n) is 4.95. The van der Waals surface area contributed by atoms with Crippen molar-refractivity contribution in [2.75, 3.05) is 39.4 Å². The van der Waals surface area contributed by atoms with E-state index < -0.39 is 0 Å². The first-order valence-corrected chi connectivity index (χ1v) is 9.33. The molecule has 3 rings (SSSR count). The highest BCUT2D eigenvalue weighted by Crippen LogP contribution is 2.17. The number of rotatable bonds is 2. The van der Waals surface area contributed by atoms with Gasteiger partial charge in [-0.3, -0.25) is 19.2 Å². The first-order chi connectivity index (χ1) is 13.4. The van der Waals surface area contributed by atoms with Crippen LogP contribution in [0.4, 0.5) is 0 Å². The van der Waals surface area contributed by atoms with Gasteiger partial charge in [-0.25, -0.2) is 0 Å². The predicted octanol–water partition coefficient (Wildman–Crippen LogP) is 0.404. The van der Waals surface area contributed by atoms with Crippen molar-refractivity contribution >= 4 is 18.3 Å². The van der Waals surface area contributed by atoms with Crippen molar-refractivity contribution < 1.29 is 24.2 Å². The average Bonchev–Trinajstić information content (AvgIpc) is 3.05.